The summed E-state index contributed by atoms with van der Waals surface area (Å²) in [7, 11) is 0. The highest BCUT2D eigenvalue weighted by Crippen LogP contribution is 2.31. The zero-order chi connectivity index (χ0) is 19.3. The molecule has 1 amide bonds. The summed E-state index contributed by atoms with van der Waals surface area (Å²) < 4.78 is 2.10. The zero-order valence-corrected chi connectivity index (χ0v) is 16.3. The summed E-state index contributed by atoms with van der Waals surface area (Å²) in [6.07, 6.45) is 12.2. The number of aromatic nitrogens is 2. The van der Waals surface area contributed by atoms with Gasteiger partial charge in [-0.1, -0.05) is 36.3 Å². The van der Waals surface area contributed by atoms with Crippen LogP contribution in [0.25, 0.3) is 0 Å². The van der Waals surface area contributed by atoms with E-state index in [0.717, 1.165) is 51.7 Å². The van der Waals surface area contributed by atoms with Gasteiger partial charge in [0.15, 0.2) is 0 Å². The highest BCUT2D eigenvalue weighted by molar-refractivity contribution is 5.79. The number of fused-ring (bicyclic) bond motifs is 1. The van der Waals surface area contributed by atoms with Crippen LogP contribution in [0.15, 0.2) is 36.5 Å². The molecule has 2 heterocycles. The molecule has 1 unspecified atom stereocenters. The van der Waals surface area contributed by atoms with Crippen molar-refractivity contribution in [3.05, 3.63) is 53.3 Å². The minimum absolute atomic E-state index is 0.0875. The van der Waals surface area contributed by atoms with E-state index in [-0.39, 0.29) is 17.9 Å². The second-order valence-electron chi connectivity index (χ2n) is 7.90. The fraction of sp³-hybridized carbons (Fsp3) is 0.478. The van der Waals surface area contributed by atoms with Crippen molar-refractivity contribution in [3.63, 3.8) is 0 Å². The summed E-state index contributed by atoms with van der Waals surface area (Å²) in [6, 6.07) is 10.5. The molecule has 28 heavy (non-hydrogen) atoms. The molecule has 1 aromatic carbocycles. The Labute approximate surface area is 167 Å². The number of piperidine rings is 1. The second-order valence-corrected chi connectivity index (χ2v) is 7.90. The number of amides is 1. The lowest BCUT2D eigenvalue weighted by molar-refractivity contribution is -0.127. The molecule has 5 heteroatoms. The van der Waals surface area contributed by atoms with Crippen LogP contribution in [-0.2, 0) is 17.8 Å². The fourth-order valence-electron chi connectivity index (χ4n) is 4.43. The van der Waals surface area contributed by atoms with Crippen LogP contribution >= 0.6 is 0 Å². The minimum atomic E-state index is 0.0875. The third-order valence-corrected chi connectivity index (χ3v) is 6.03. The van der Waals surface area contributed by atoms with Gasteiger partial charge in [-0.25, -0.2) is 0 Å². The van der Waals surface area contributed by atoms with Crippen LogP contribution in [0.5, 0.6) is 0 Å². The quantitative estimate of drug-likeness (QED) is 0.817. The molecule has 4 rings (SSSR count). The molecule has 1 aromatic heterocycles. The van der Waals surface area contributed by atoms with Crippen molar-refractivity contribution in [2.75, 3.05) is 19.6 Å². The van der Waals surface area contributed by atoms with Gasteiger partial charge in [0.05, 0.1) is 25.3 Å². The van der Waals surface area contributed by atoms with Gasteiger partial charge in [-0.15, -0.1) is 6.42 Å². The molecule has 146 valence electrons. The number of carbonyl (C=O) groups excluding carboxylic acids is 1. The van der Waals surface area contributed by atoms with E-state index in [2.05, 4.69) is 50.2 Å². The maximum absolute atomic E-state index is 12.8. The lowest BCUT2D eigenvalue weighted by atomic mass is 9.91. The number of nitrogens with one attached hydrogen (secondary N) is 1. The molecule has 0 radical (unpaired) electrons. The first-order chi connectivity index (χ1) is 13.7. The average molecular weight is 377 g/mol. The summed E-state index contributed by atoms with van der Waals surface area (Å²) >= 11 is 0. The number of likely N-dealkylation sites (tertiary alicyclic amines) is 1. The third kappa shape index (κ3) is 4.13. The van der Waals surface area contributed by atoms with Crippen LogP contribution in [0.3, 0.4) is 0 Å². The normalized spacial score (nSPS) is 20.3. The number of terminal acetylenes is 1. The van der Waals surface area contributed by atoms with Crippen molar-refractivity contribution >= 4 is 5.91 Å². The molecule has 2 aliphatic rings. The van der Waals surface area contributed by atoms with Gasteiger partial charge in [-0.05, 0) is 50.8 Å². The Morgan fingerprint density at radius 2 is 2.00 bits per heavy atom. The Morgan fingerprint density at radius 3 is 2.75 bits per heavy atom. The lowest BCUT2D eigenvalue weighted by Gasteiger charge is -2.31. The molecule has 1 aliphatic carbocycles. The number of rotatable bonds is 5. The highest BCUT2D eigenvalue weighted by Gasteiger charge is 2.30. The minimum Gasteiger partial charge on any atom is -0.349 e. The van der Waals surface area contributed by atoms with Crippen LogP contribution in [-0.4, -0.2) is 40.2 Å². The first-order valence-electron chi connectivity index (χ1n) is 10.3. The van der Waals surface area contributed by atoms with Crippen LogP contribution in [0, 0.1) is 18.3 Å². The maximum atomic E-state index is 12.8. The second kappa shape index (κ2) is 8.62. The molecule has 1 fully saturated rings. The third-order valence-electron chi connectivity index (χ3n) is 6.03. The van der Waals surface area contributed by atoms with Crippen molar-refractivity contribution in [3.8, 4) is 12.3 Å². The van der Waals surface area contributed by atoms with E-state index < -0.39 is 0 Å². The topological polar surface area (TPSA) is 50.2 Å². The Hall–Kier alpha value is -2.58. The first-order valence-corrected chi connectivity index (χ1v) is 10.3. The maximum Gasteiger partial charge on any atom is 0.223 e. The van der Waals surface area contributed by atoms with Gasteiger partial charge >= 0.3 is 0 Å². The summed E-state index contributed by atoms with van der Waals surface area (Å²) in [4.78, 5) is 15.1. The molecular weight excluding hydrogens is 348 g/mol. The van der Waals surface area contributed by atoms with Gasteiger partial charge in [0, 0.05) is 17.2 Å². The number of hydrogen-bond donors (Lipinski definition) is 1. The molecule has 1 N–H and O–H groups in total. The molecule has 1 atom stereocenters. The predicted molar refractivity (Wildman–Crippen MR) is 110 cm³/mol. The van der Waals surface area contributed by atoms with Crippen molar-refractivity contribution in [2.24, 2.45) is 5.92 Å². The van der Waals surface area contributed by atoms with E-state index >= 15 is 0 Å². The van der Waals surface area contributed by atoms with Crippen molar-refractivity contribution in [1.82, 2.24) is 20.0 Å². The summed E-state index contributed by atoms with van der Waals surface area (Å²) in [5.74, 6) is 2.98. The van der Waals surface area contributed by atoms with Crippen LogP contribution in [0.4, 0.5) is 0 Å². The lowest BCUT2D eigenvalue weighted by Crippen LogP contribution is -2.42. The van der Waals surface area contributed by atoms with E-state index in [9.17, 15) is 4.79 Å². The molecule has 0 bridgehead atoms. The SMILES string of the molecule is C#CCN1CCC(C(=O)NC2CCCc3c2cnn3Cc2ccccc2)CC1. The van der Waals surface area contributed by atoms with Gasteiger partial charge in [0.25, 0.3) is 0 Å². The van der Waals surface area contributed by atoms with Crippen molar-refractivity contribution in [2.45, 2.75) is 44.7 Å². The summed E-state index contributed by atoms with van der Waals surface area (Å²) in [6.45, 7) is 3.28. The van der Waals surface area contributed by atoms with Gasteiger partial charge < -0.3 is 5.32 Å². The molecule has 2 aromatic rings. The average Bonchev–Trinajstić information content (AvgIpc) is 3.13. The Morgan fingerprint density at radius 1 is 1.21 bits per heavy atom. The predicted octanol–water partition coefficient (Wildman–Crippen LogP) is 2.77. The van der Waals surface area contributed by atoms with E-state index in [1.165, 1.54) is 16.8 Å². The van der Waals surface area contributed by atoms with Crippen molar-refractivity contribution < 1.29 is 4.79 Å². The largest absolute Gasteiger partial charge is 0.349 e. The molecular formula is C23H28N4O. The van der Waals surface area contributed by atoms with Gasteiger partial charge in [0.2, 0.25) is 5.91 Å². The summed E-state index contributed by atoms with van der Waals surface area (Å²) in [5.41, 5.74) is 3.71. The van der Waals surface area contributed by atoms with Crippen LogP contribution < -0.4 is 5.32 Å². The van der Waals surface area contributed by atoms with E-state index in [1.54, 1.807) is 0 Å². The molecule has 5 nitrogen and oxygen atoms in total. The monoisotopic (exact) mass is 376 g/mol. The Kier molecular flexibility index (Phi) is 5.78. The van der Waals surface area contributed by atoms with Crippen molar-refractivity contribution in [1.29, 1.82) is 0 Å². The number of nitrogens with zero attached hydrogens (tertiary/aromatic N) is 3. The number of carbonyl (C=O) groups is 1. The molecule has 0 spiro atoms. The van der Waals surface area contributed by atoms with E-state index in [0.29, 0.717) is 6.54 Å². The Balaban J connectivity index is 1.40. The molecule has 1 aliphatic heterocycles. The smallest absolute Gasteiger partial charge is 0.223 e. The number of hydrogen-bond acceptors (Lipinski definition) is 3. The van der Waals surface area contributed by atoms with E-state index in [4.69, 9.17) is 6.42 Å². The molecule has 0 saturated carbocycles. The zero-order valence-electron chi connectivity index (χ0n) is 16.3. The van der Waals surface area contributed by atoms with Gasteiger partial charge in [-0.3, -0.25) is 14.4 Å². The van der Waals surface area contributed by atoms with Crippen LogP contribution in [0.1, 0.15) is 48.5 Å². The summed E-state index contributed by atoms with van der Waals surface area (Å²) in [5, 5.41) is 7.95. The van der Waals surface area contributed by atoms with E-state index in [1.807, 2.05) is 12.3 Å². The van der Waals surface area contributed by atoms with Crippen LogP contribution in [0.2, 0.25) is 0 Å². The standard InChI is InChI=1S/C23H28N4O/c1-2-13-26-14-11-19(12-15-26)23(28)25-21-9-6-10-22-20(21)16-24-27(22)17-18-7-4-3-5-8-18/h1,3-5,7-8,16,19,21H,6,9-15,17H2,(H,25,28). The number of benzene rings is 1. The highest BCUT2D eigenvalue weighted by atomic mass is 16.1. The first kappa shape index (κ1) is 18.8. The van der Waals surface area contributed by atoms with Gasteiger partial charge in [0.1, 0.15) is 0 Å². The Bertz CT molecular complexity index is 843. The van der Waals surface area contributed by atoms with Gasteiger partial charge in [-0.2, -0.15) is 5.10 Å². The molecule has 1 saturated heterocycles. The fourth-order valence-corrected chi connectivity index (χ4v) is 4.43.